The number of carbonyl (C=O) groups excluding carboxylic acids is 1. The quantitative estimate of drug-likeness (QED) is 0.626. The van der Waals surface area contributed by atoms with E-state index in [1.54, 1.807) is 30.3 Å². The van der Waals surface area contributed by atoms with Crippen LogP contribution in [0.4, 0.5) is 5.69 Å². The van der Waals surface area contributed by atoms with Crippen molar-refractivity contribution in [3.63, 3.8) is 0 Å². The van der Waals surface area contributed by atoms with E-state index in [1.165, 1.54) is 4.31 Å². The maximum atomic E-state index is 12.9. The number of anilines is 1. The molecule has 1 fully saturated rings. The molecule has 0 saturated carbocycles. The standard InChI is InChI=1S/C19H19BrCl2N2O3S/c20-14-5-1-6-15(10-14)23-19(25)13-4-3-9-24(11-13)28(26,27)12-16-17(21)7-2-8-18(16)22/h1-2,5-8,10,13H,3-4,9,11-12H2,(H,23,25)/t13-/m1/s1. The maximum absolute atomic E-state index is 12.9. The Morgan fingerprint density at radius 1 is 1.18 bits per heavy atom. The average molecular weight is 506 g/mol. The number of nitrogens with one attached hydrogen (secondary N) is 1. The molecule has 150 valence electrons. The van der Waals surface area contributed by atoms with E-state index in [1.807, 2.05) is 12.1 Å². The highest BCUT2D eigenvalue weighted by molar-refractivity contribution is 9.10. The Labute approximate surface area is 183 Å². The molecule has 1 aliphatic heterocycles. The summed E-state index contributed by atoms with van der Waals surface area (Å²) in [6, 6.07) is 12.2. The zero-order chi connectivity index (χ0) is 20.3. The summed E-state index contributed by atoms with van der Waals surface area (Å²) in [5, 5.41) is 3.49. The molecule has 1 aliphatic rings. The van der Waals surface area contributed by atoms with Crippen LogP contribution in [-0.2, 0) is 20.6 Å². The zero-order valence-corrected chi connectivity index (χ0v) is 18.8. The van der Waals surface area contributed by atoms with Crippen LogP contribution in [0.2, 0.25) is 10.0 Å². The highest BCUT2D eigenvalue weighted by Gasteiger charge is 2.33. The Bertz CT molecular complexity index is 965. The van der Waals surface area contributed by atoms with Crippen molar-refractivity contribution in [2.24, 2.45) is 5.92 Å². The Hall–Kier alpha value is -1.12. The van der Waals surface area contributed by atoms with Crippen LogP contribution < -0.4 is 5.32 Å². The van der Waals surface area contributed by atoms with Crippen LogP contribution in [0, 0.1) is 5.92 Å². The van der Waals surface area contributed by atoms with Crippen molar-refractivity contribution < 1.29 is 13.2 Å². The van der Waals surface area contributed by atoms with Crippen LogP contribution in [0.3, 0.4) is 0 Å². The number of piperidine rings is 1. The van der Waals surface area contributed by atoms with Crippen molar-refractivity contribution in [2.45, 2.75) is 18.6 Å². The number of carbonyl (C=O) groups is 1. The predicted octanol–water partition coefficient (Wildman–Crippen LogP) is 4.94. The lowest BCUT2D eigenvalue weighted by Gasteiger charge is -2.31. The lowest BCUT2D eigenvalue weighted by molar-refractivity contribution is -0.120. The fourth-order valence-corrected chi connectivity index (χ4v) is 5.93. The molecule has 28 heavy (non-hydrogen) atoms. The molecule has 0 aliphatic carbocycles. The highest BCUT2D eigenvalue weighted by Crippen LogP contribution is 2.29. The number of nitrogens with zero attached hydrogens (tertiary/aromatic N) is 1. The minimum atomic E-state index is -3.65. The molecule has 1 N–H and O–H groups in total. The molecule has 5 nitrogen and oxygen atoms in total. The summed E-state index contributed by atoms with van der Waals surface area (Å²) in [7, 11) is -3.65. The van der Waals surface area contributed by atoms with Crippen LogP contribution in [-0.4, -0.2) is 31.7 Å². The molecule has 1 amide bonds. The molecule has 0 radical (unpaired) electrons. The number of halogens is 3. The van der Waals surface area contributed by atoms with Crippen molar-refractivity contribution in [2.75, 3.05) is 18.4 Å². The van der Waals surface area contributed by atoms with Crippen molar-refractivity contribution in [1.82, 2.24) is 4.31 Å². The third-order valence-electron chi connectivity index (χ3n) is 4.63. The Morgan fingerprint density at radius 2 is 1.86 bits per heavy atom. The van der Waals surface area contributed by atoms with Crippen molar-refractivity contribution in [3.8, 4) is 0 Å². The van der Waals surface area contributed by atoms with Crippen LogP contribution in [0.1, 0.15) is 18.4 Å². The van der Waals surface area contributed by atoms with Gasteiger partial charge in [-0.1, -0.05) is 51.3 Å². The topological polar surface area (TPSA) is 66.5 Å². The van der Waals surface area contributed by atoms with Gasteiger partial charge in [-0.25, -0.2) is 12.7 Å². The number of hydrogen-bond acceptors (Lipinski definition) is 3. The van der Waals surface area contributed by atoms with E-state index in [2.05, 4.69) is 21.2 Å². The SMILES string of the molecule is O=C(Nc1cccc(Br)c1)[C@@H]1CCCN(S(=O)(=O)Cc2c(Cl)cccc2Cl)C1. The van der Waals surface area contributed by atoms with Crippen molar-refractivity contribution in [1.29, 1.82) is 0 Å². The van der Waals surface area contributed by atoms with Gasteiger partial charge in [-0.2, -0.15) is 0 Å². The Morgan fingerprint density at radius 3 is 2.54 bits per heavy atom. The molecule has 3 rings (SSSR count). The van der Waals surface area contributed by atoms with Crippen LogP contribution in [0.25, 0.3) is 0 Å². The van der Waals surface area contributed by atoms with Crippen LogP contribution >= 0.6 is 39.1 Å². The normalized spacial score (nSPS) is 18.0. The highest BCUT2D eigenvalue weighted by atomic mass is 79.9. The van der Waals surface area contributed by atoms with Gasteiger partial charge < -0.3 is 5.32 Å². The summed E-state index contributed by atoms with van der Waals surface area (Å²) >= 11 is 15.6. The number of hydrogen-bond donors (Lipinski definition) is 1. The molecule has 0 spiro atoms. The fraction of sp³-hybridized carbons (Fsp3) is 0.316. The first-order valence-electron chi connectivity index (χ1n) is 8.73. The number of amides is 1. The number of sulfonamides is 1. The molecule has 1 atom stereocenters. The van der Waals surface area contributed by atoms with E-state index in [0.717, 1.165) is 4.47 Å². The van der Waals surface area contributed by atoms with Crippen LogP contribution in [0.5, 0.6) is 0 Å². The molecule has 2 aromatic rings. The molecule has 1 heterocycles. The summed E-state index contributed by atoms with van der Waals surface area (Å²) in [4.78, 5) is 12.6. The summed E-state index contributed by atoms with van der Waals surface area (Å²) in [6.45, 7) is 0.523. The summed E-state index contributed by atoms with van der Waals surface area (Å²) < 4.78 is 28.0. The second kappa shape index (κ2) is 9.13. The van der Waals surface area contributed by atoms with E-state index in [9.17, 15) is 13.2 Å². The van der Waals surface area contributed by atoms with Crippen molar-refractivity contribution in [3.05, 3.63) is 62.5 Å². The van der Waals surface area contributed by atoms with E-state index < -0.39 is 15.9 Å². The van der Waals surface area contributed by atoms with Gasteiger partial charge in [-0.15, -0.1) is 0 Å². The molecule has 0 unspecified atom stereocenters. The lowest BCUT2D eigenvalue weighted by Crippen LogP contribution is -2.44. The van der Waals surface area contributed by atoms with Gasteiger partial charge in [0.05, 0.1) is 11.7 Å². The van der Waals surface area contributed by atoms with Crippen molar-refractivity contribution >= 4 is 60.7 Å². The van der Waals surface area contributed by atoms with Gasteiger partial charge in [-0.3, -0.25) is 4.79 Å². The van der Waals surface area contributed by atoms with E-state index in [0.29, 0.717) is 40.7 Å². The lowest BCUT2D eigenvalue weighted by atomic mass is 9.99. The number of benzene rings is 2. The third kappa shape index (κ3) is 5.27. The van der Waals surface area contributed by atoms with Gasteiger partial charge in [-0.05, 0) is 43.2 Å². The van der Waals surface area contributed by atoms with E-state index >= 15 is 0 Å². The predicted molar refractivity (Wildman–Crippen MR) is 116 cm³/mol. The first-order valence-corrected chi connectivity index (χ1v) is 11.9. The monoisotopic (exact) mass is 504 g/mol. The molecule has 9 heteroatoms. The summed E-state index contributed by atoms with van der Waals surface area (Å²) in [5.41, 5.74) is 1.05. The summed E-state index contributed by atoms with van der Waals surface area (Å²) in [5.74, 6) is -0.885. The first-order chi connectivity index (χ1) is 13.3. The third-order valence-corrected chi connectivity index (χ3v) is 7.60. The van der Waals surface area contributed by atoms with Gasteiger partial charge in [0, 0.05) is 38.9 Å². The Kier molecular flexibility index (Phi) is 7.04. The molecule has 2 aromatic carbocycles. The zero-order valence-electron chi connectivity index (χ0n) is 14.9. The minimum Gasteiger partial charge on any atom is -0.326 e. The smallest absolute Gasteiger partial charge is 0.228 e. The van der Waals surface area contributed by atoms with E-state index in [4.69, 9.17) is 23.2 Å². The molecule has 0 aromatic heterocycles. The summed E-state index contributed by atoms with van der Waals surface area (Å²) in [6.07, 6.45) is 1.25. The maximum Gasteiger partial charge on any atom is 0.228 e. The molecular formula is C19H19BrCl2N2O3S. The van der Waals surface area contributed by atoms with Gasteiger partial charge in [0.25, 0.3) is 0 Å². The van der Waals surface area contributed by atoms with Gasteiger partial charge >= 0.3 is 0 Å². The van der Waals surface area contributed by atoms with Crippen LogP contribution in [0.15, 0.2) is 46.9 Å². The first kappa shape index (κ1) is 21.6. The van der Waals surface area contributed by atoms with Gasteiger partial charge in [0.2, 0.25) is 15.9 Å². The second-order valence-electron chi connectivity index (χ2n) is 6.65. The Balaban J connectivity index is 1.70. The molecular weight excluding hydrogens is 487 g/mol. The molecule has 1 saturated heterocycles. The molecule has 0 bridgehead atoms. The van der Waals surface area contributed by atoms with E-state index in [-0.39, 0.29) is 18.2 Å². The average Bonchev–Trinajstić information content (AvgIpc) is 2.65. The van der Waals surface area contributed by atoms with Gasteiger partial charge in [0.15, 0.2) is 0 Å². The van der Waals surface area contributed by atoms with Gasteiger partial charge in [0.1, 0.15) is 0 Å². The largest absolute Gasteiger partial charge is 0.326 e. The minimum absolute atomic E-state index is 0.143. The number of rotatable bonds is 5. The second-order valence-corrected chi connectivity index (χ2v) is 10.4. The fourth-order valence-electron chi connectivity index (χ4n) is 3.16.